The topological polar surface area (TPSA) is 68.3 Å². The van der Waals surface area contributed by atoms with E-state index < -0.39 is 0 Å². The van der Waals surface area contributed by atoms with Crippen molar-refractivity contribution in [1.82, 2.24) is 4.98 Å². The van der Waals surface area contributed by atoms with Gasteiger partial charge in [0, 0.05) is 27.9 Å². The molecular weight excluding hydrogens is 383 g/mol. The van der Waals surface area contributed by atoms with Gasteiger partial charge in [0.15, 0.2) is 0 Å². The lowest BCUT2D eigenvalue weighted by Crippen LogP contribution is -2.15. The molecular formula is C15H13IN2O3. The lowest BCUT2D eigenvalue weighted by atomic mass is 10.2. The average molecular weight is 396 g/mol. The summed E-state index contributed by atoms with van der Waals surface area (Å²) >= 11 is 2.16. The molecule has 0 radical (unpaired) electrons. The number of benzene rings is 1. The van der Waals surface area contributed by atoms with Gasteiger partial charge in [0.05, 0.1) is 0 Å². The Bertz CT molecular complexity index is 659. The summed E-state index contributed by atoms with van der Waals surface area (Å²) in [6.45, 7) is 1.46. The molecule has 0 fully saturated rings. The van der Waals surface area contributed by atoms with E-state index in [4.69, 9.17) is 4.74 Å². The normalized spacial score (nSPS) is 10.0. The maximum atomic E-state index is 12.1. The molecule has 5 nitrogen and oxygen atoms in total. The molecule has 1 N–H and O–H groups in total. The summed E-state index contributed by atoms with van der Waals surface area (Å²) in [5.41, 5.74) is 1.67. The second kappa shape index (κ2) is 7.16. The van der Waals surface area contributed by atoms with Crippen LogP contribution in [0.15, 0.2) is 42.6 Å². The second-order valence-corrected chi connectivity index (χ2v) is 5.50. The van der Waals surface area contributed by atoms with E-state index in [1.165, 1.54) is 6.92 Å². The standard InChI is InChI=1S/C15H13IN2O3/c1-10(19)21-9-11-8-12(16)5-6-13(11)18-15(20)14-4-2-3-7-17-14/h2-8H,9H2,1H3,(H,18,20). The fourth-order valence-corrected chi connectivity index (χ4v) is 2.22. The SMILES string of the molecule is CC(=O)OCc1cc(I)ccc1NC(=O)c1ccccn1. The molecule has 0 atom stereocenters. The van der Waals surface area contributed by atoms with Crippen molar-refractivity contribution in [2.75, 3.05) is 5.32 Å². The number of hydrogen-bond donors (Lipinski definition) is 1. The number of amides is 1. The van der Waals surface area contributed by atoms with Crippen molar-refractivity contribution in [3.05, 3.63) is 57.4 Å². The zero-order valence-electron chi connectivity index (χ0n) is 11.3. The van der Waals surface area contributed by atoms with Crippen molar-refractivity contribution in [1.29, 1.82) is 0 Å². The summed E-state index contributed by atoms with van der Waals surface area (Å²) in [6.07, 6.45) is 1.56. The Morgan fingerprint density at radius 1 is 1.29 bits per heavy atom. The maximum absolute atomic E-state index is 12.1. The molecule has 108 valence electrons. The summed E-state index contributed by atoms with van der Waals surface area (Å²) in [6, 6.07) is 10.6. The van der Waals surface area contributed by atoms with Crippen LogP contribution in [0.5, 0.6) is 0 Å². The van der Waals surface area contributed by atoms with E-state index in [1.807, 2.05) is 12.1 Å². The second-order valence-electron chi connectivity index (χ2n) is 4.25. The molecule has 0 aliphatic rings. The zero-order valence-corrected chi connectivity index (χ0v) is 13.5. The molecule has 0 saturated heterocycles. The Morgan fingerprint density at radius 3 is 2.76 bits per heavy atom. The van der Waals surface area contributed by atoms with Crippen LogP contribution in [-0.4, -0.2) is 16.9 Å². The molecule has 6 heteroatoms. The molecule has 1 aromatic carbocycles. The van der Waals surface area contributed by atoms with Crippen LogP contribution < -0.4 is 5.32 Å². The van der Waals surface area contributed by atoms with Gasteiger partial charge < -0.3 is 10.1 Å². The third-order valence-electron chi connectivity index (χ3n) is 2.64. The largest absolute Gasteiger partial charge is 0.461 e. The van der Waals surface area contributed by atoms with Crippen LogP contribution in [-0.2, 0) is 16.1 Å². The third kappa shape index (κ3) is 4.52. The van der Waals surface area contributed by atoms with Gasteiger partial charge in [-0.05, 0) is 52.9 Å². The number of rotatable bonds is 4. The molecule has 0 saturated carbocycles. The van der Waals surface area contributed by atoms with Crippen LogP contribution in [0.3, 0.4) is 0 Å². The van der Waals surface area contributed by atoms with Crippen LogP contribution in [0, 0.1) is 3.57 Å². The van der Waals surface area contributed by atoms with Crippen LogP contribution in [0.25, 0.3) is 0 Å². The number of nitrogens with zero attached hydrogens (tertiary/aromatic N) is 1. The number of pyridine rings is 1. The minimum Gasteiger partial charge on any atom is -0.461 e. The predicted molar refractivity (Wildman–Crippen MR) is 86.8 cm³/mol. The Hall–Kier alpha value is -1.96. The number of nitrogens with one attached hydrogen (secondary N) is 1. The molecule has 1 aromatic heterocycles. The molecule has 1 amide bonds. The smallest absolute Gasteiger partial charge is 0.302 e. The number of halogens is 1. The number of ether oxygens (including phenoxy) is 1. The highest BCUT2D eigenvalue weighted by molar-refractivity contribution is 14.1. The van der Waals surface area contributed by atoms with E-state index >= 15 is 0 Å². The maximum Gasteiger partial charge on any atom is 0.302 e. The van der Waals surface area contributed by atoms with E-state index in [9.17, 15) is 9.59 Å². The third-order valence-corrected chi connectivity index (χ3v) is 3.31. The molecule has 21 heavy (non-hydrogen) atoms. The van der Waals surface area contributed by atoms with Gasteiger partial charge in [-0.1, -0.05) is 6.07 Å². The van der Waals surface area contributed by atoms with Crippen LogP contribution in [0.1, 0.15) is 23.0 Å². The summed E-state index contributed by atoms with van der Waals surface area (Å²) < 4.78 is 5.99. The highest BCUT2D eigenvalue weighted by Gasteiger charge is 2.11. The quantitative estimate of drug-likeness (QED) is 0.638. The summed E-state index contributed by atoms with van der Waals surface area (Å²) in [4.78, 5) is 27.0. The van der Waals surface area contributed by atoms with E-state index in [2.05, 4.69) is 32.9 Å². The number of hydrogen-bond acceptors (Lipinski definition) is 4. The van der Waals surface area contributed by atoms with E-state index in [0.717, 1.165) is 9.13 Å². The van der Waals surface area contributed by atoms with Crippen molar-refractivity contribution >= 4 is 40.2 Å². The van der Waals surface area contributed by atoms with Gasteiger partial charge in [-0.2, -0.15) is 0 Å². The Morgan fingerprint density at radius 2 is 2.10 bits per heavy atom. The van der Waals surface area contributed by atoms with Crippen molar-refractivity contribution in [3.63, 3.8) is 0 Å². The van der Waals surface area contributed by atoms with Gasteiger partial charge >= 0.3 is 5.97 Å². The van der Waals surface area contributed by atoms with Crippen molar-refractivity contribution in [2.45, 2.75) is 13.5 Å². The van der Waals surface area contributed by atoms with Crippen molar-refractivity contribution in [3.8, 4) is 0 Å². The summed E-state index contributed by atoms with van der Waals surface area (Å²) in [7, 11) is 0. The molecule has 0 bridgehead atoms. The lowest BCUT2D eigenvalue weighted by molar-refractivity contribution is -0.142. The number of esters is 1. The number of aromatic nitrogens is 1. The first kappa shape index (κ1) is 15.4. The van der Waals surface area contributed by atoms with Gasteiger partial charge in [-0.25, -0.2) is 0 Å². The van der Waals surface area contributed by atoms with Crippen LogP contribution >= 0.6 is 22.6 Å². The number of anilines is 1. The van der Waals surface area contributed by atoms with Crippen molar-refractivity contribution < 1.29 is 14.3 Å². The van der Waals surface area contributed by atoms with Gasteiger partial charge in [0.2, 0.25) is 0 Å². The molecule has 2 rings (SSSR count). The zero-order chi connectivity index (χ0) is 15.2. The Labute approximate surface area is 135 Å². The molecule has 0 spiro atoms. The first-order chi connectivity index (χ1) is 10.1. The molecule has 1 heterocycles. The van der Waals surface area contributed by atoms with Gasteiger partial charge in [-0.15, -0.1) is 0 Å². The molecule has 2 aromatic rings. The fraction of sp³-hybridized carbons (Fsp3) is 0.133. The average Bonchev–Trinajstić information content (AvgIpc) is 2.48. The number of carbonyl (C=O) groups excluding carboxylic acids is 2. The van der Waals surface area contributed by atoms with Gasteiger partial charge in [-0.3, -0.25) is 14.6 Å². The molecule has 0 unspecified atom stereocenters. The summed E-state index contributed by atoms with van der Waals surface area (Å²) in [5, 5.41) is 2.78. The highest BCUT2D eigenvalue weighted by Crippen LogP contribution is 2.20. The van der Waals surface area contributed by atoms with Crippen LogP contribution in [0.4, 0.5) is 5.69 Å². The van der Waals surface area contributed by atoms with E-state index in [0.29, 0.717) is 11.4 Å². The Balaban J connectivity index is 2.19. The molecule has 0 aliphatic heterocycles. The number of carbonyl (C=O) groups is 2. The van der Waals surface area contributed by atoms with E-state index in [-0.39, 0.29) is 18.5 Å². The highest BCUT2D eigenvalue weighted by atomic mass is 127. The first-order valence-corrected chi connectivity index (χ1v) is 7.28. The fourth-order valence-electron chi connectivity index (χ4n) is 1.67. The minimum absolute atomic E-state index is 0.115. The van der Waals surface area contributed by atoms with E-state index in [1.54, 1.807) is 30.5 Å². The van der Waals surface area contributed by atoms with Crippen LogP contribution in [0.2, 0.25) is 0 Å². The minimum atomic E-state index is -0.365. The monoisotopic (exact) mass is 396 g/mol. The van der Waals surface area contributed by atoms with Gasteiger partial charge in [0.25, 0.3) is 5.91 Å². The van der Waals surface area contributed by atoms with Gasteiger partial charge in [0.1, 0.15) is 12.3 Å². The van der Waals surface area contributed by atoms with Crippen molar-refractivity contribution in [2.24, 2.45) is 0 Å². The lowest BCUT2D eigenvalue weighted by Gasteiger charge is -2.11. The predicted octanol–water partition coefficient (Wildman–Crippen LogP) is 3.00. The Kier molecular flexibility index (Phi) is 5.26. The molecule has 0 aliphatic carbocycles. The first-order valence-electron chi connectivity index (χ1n) is 6.20. The summed E-state index contributed by atoms with van der Waals surface area (Å²) in [5.74, 6) is -0.670.